The first-order chi connectivity index (χ1) is 14.0. The van der Waals surface area contributed by atoms with Gasteiger partial charge in [0, 0.05) is 11.4 Å². The summed E-state index contributed by atoms with van der Waals surface area (Å²) >= 11 is 0. The SMILES string of the molecule is O=C(Nc1ccc(S(=O)(=O)Nc2ccccc2)cc1)[C@@H]1COc2ccccc2O1. The summed E-state index contributed by atoms with van der Waals surface area (Å²) in [7, 11) is -3.72. The molecule has 8 heteroatoms. The highest BCUT2D eigenvalue weighted by atomic mass is 32.2. The number of benzene rings is 3. The van der Waals surface area contributed by atoms with Gasteiger partial charge in [0.05, 0.1) is 4.90 Å². The Labute approximate surface area is 168 Å². The van der Waals surface area contributed by atoms with Gasteiger partial charge in [0.15, 0.2) is 11.5 Å². The Morgan fingerprint density at radius 1 is 0.828 bits per heavy atom. The maximum Gasteiger partial charge on any atom is 0.269 e. The lowest BCUT2D eigenvalue weighted by Gasteiger charge is -2.25. The molecule has 1 atom stereocenters. The van der Waals surface area contributed by atoms with Crippen molar-refractivity contribution in [2.45, 2.75) is 11.0 Å². The number of carbonyl (C=O) groups excluding carboxylic acids is 1. The van der Waals surface area contributed by atoms with Crippen molar-refractivity contribution in [3.8, 4) is 11.5 Å². The van der Waals surface area contributed by atoms with E-state index >= 15 is 0 Å². The average Bonchev–Trinajstić information content (AvgIpc) is 2.74. The summed E-state index contributed by atoms with van der Waals surface area (Å²) in [6.45, 7) is 0.0936. The fourth-order valence-corrected chi connectivity index (χ4v) is 3.87. The van der Waals surface area contributed by atoms with Crippen LogP contribution in [0.5, 0.6) is 11.5 Å². The van der Waals surface area contributed by atoms with Gasteiger partial charge >= 0.3 is 0 Å². The largest absolute Gasteiger partial charge is 0.485 e. The zero-order valence-electron chi connectivity index (χ0n) is 15.2. The van der Waals surface area contributed by atoms with Gasteiger partial charge in [-0.25, -0.2) is 8.42 Å². The van der Waals surface area contributed by atoms with Crippen molar-refractivity contribution in [2.75, 3.05) is 16.6 Å². The molecule has 0 saturated heterocycles. The van der Waals surface area contributed by atoms with E-state index in [4.69, 9.17) is 9.47 Å². The molecule has 29 heavy (non-hydrogen) atoms. The number of fused-ring (bicyclic) bond motifs is 1. The molecule has 0 bridgehead atoms. The number of ether oxygens (including phenoxy) is 2. The number of sulfonamides is 1. The van der Waals surface area contributed by atoms with Gasteiger partial charge < -0.3 is 14.8 Å². The molecule has 0 aromatic heterocycles. The summed E-state index contributed by atoms with van der Waals surface area (Å²) in [5, 5.41) is 2.71. The van der Waals surface area contributed by atoms with Crippen LogP contribution in [0.3, 0.4) is 0 Å². The van der Waals surface area contributed by atoms with Gasteiger partial charge in [0.25, 0.3) is 15.9 Å². The topological polar surface area (TPSA) is 93.7 Å². The Morgan fingerprint density at radius 2 is 1.48 bits per heavy atom. The Morgan fingerprint density at radius 3 is 2.21 bits per heavy atom. The van der Waals surface area contributed by atoms with Gasteiger partial charge in [0.2, 0.25) is 6.10 Å². The van der Waals surface area contributed by atoms with E-state index in [9.17, 15) is 13.2 Å². The highest BCUT2D eigenvalue weighted by Crippen LogP contribution is 2.31. The van der Waals surface area contributed by atoms with E-state index in [1.165, 1.54) is 24.3 Å². The number of hydrogen-bond acceptors (Lipinski definition) is 5. The fraction of sp³-hybridized carbons (Fsp3) is 0.0952. The van der Waals surface area contributed by atoms with Crippen LogP contribution >= 0.6 is 0 Å². The highest BCUT2D eigenvalue weighted by Gasteiger charge is 2.27. The number of nitrogens with one attached hydrogen (secondary N) is 2. The number of para-hydroxylation sites is 3. The summed E-state index contributed by atoms with van der Waals surface area (Å²) in [6, 6.07) is 21.6. The number of hydrogen-bond donors (Lipinski definition) is 2. The molecular formula is C21H18N2O5S. The smallest absolute Gasteiger partial charge is 0.269 e. The van der Waals surface area contributed by atoms with Crippen LogP contribution in [0.1, 0.15) is 0 Å². The van der Waals surface area contributed by atoms with E-state index in [2.05, 4.69) is 10.0 Å². The van der Waals surface area contributed by atoms with E-state index in [0.29, 0.717) is 22.9 Å². The maximum atomic E-state index is 12.5. The van der Waals surface area contributed by atoms with Crippen molar-refractivity contribution in [1.29, 1.82) is 0 Å². The van der Waals surface area contributed by atoms with Crippen molar-refractivity contribution in [3.05, 3.63) is 78.9 Å². The normalized spacial score (nSPS) is 15.4. The van der Waals surface area contributed by atoms with Crippen LogP contribution in [-0.4, -0.2) is 27.0 Å². The number of amides is 1. The minimum absolute atomic E-state index is 0.0885. The lowest BCUT2D eigenvalue weighted by atomic mass is 10.2. The fourth-order valence-electron chi connectivity index (χ4n) is 2.81. The molecule has 148 valence electrons. The molecule has 0 unspecified atom stereocenters. The summed E-state index contributed by atoms with van der Waals surface area (Å²) in [5.41, 5.74) is 0.927. The van der Waals surface area contributed by atoms with Crippen molar-refractivity contribution < 1.29 is 22.7 Å². The average molecular weight is 410 g/mol. The van der Waals surface area contributed by atoms with Gasteiger partial charge in [-0.2, -0.15) is 0 Å². The Bertz CT molecular complexity index is 1120. The molecule has 1 aliphatic heterocycles. The molecule has 1 amide bonds. The van der Waals surface area contributed by atoms with Crippen LogP contribution in [0.2, 0.25) is 0 Å². The van der Waals surface area contributed by atoms with E-state index < -0.39 is 16.1 Å². The van der Waals surface area contributed by atoms with E-state index in [1.54, 1.807) is 48.5 Å². The molecule has 0 spiro atoms. The van der Waals surface area contributed by atoms with Crippen LogP contribution < -0.4 is 19.5 Å². The minimum Gasteiger partial charge on any atom is -0.485 e. The zero-order chi connectivity index (χ0) is 20.3. The summed E-state index contributed by atoms with van der Waals surface area (Å²) < 4.78 is 38.6. The third-order valence-corrected chi connectivity index (χ3v) is 5.66. The highest BCUT2D eigenvalue weighted by molar-refractivity contribution is 7.92. The van der Waals surface area contributed by atoms with Crippen molar-refractivity contribution in [1.82, 2.24) is 0 Å². The third-order valence-electron chi connectivity index (χ3n) is 4.26. The standard InChI is InChI=1S/C21H18N2O5S/c24-21(20-14-27-18-8-4-5-9-19(18)28-20)22-15-10-12-17(13-11-15)29(25,26)23-16-6-2-1-3-7-16/h1-13,20,23H,14H2,(H,22,24)/t20-/m0/s1. The van der Waals surface area contributed by atoms with E-state index in [1.807, 2.05) is 6.07 Å². The zero-order valence-corrected chi connectivity index (χ0v) is 16.1. The molecular weight excluding hydrogens is 392 g/mol. The molecule has 3 aromatic carbocycles. The van der Waals surface area contributed by atoms with Gasteiger partial charge in [-0.1, -0.05) is 30.3 Å². The quantitative estimate of drug-likeness (QED) is 0.673. The van der Waals surface area contributed by atoms with Gasteiger partial charge in [0.1, 0.15) is 6.61 Å². The summed E-state index contributed by atoms with van der Waals surface area (Å²) in [4.78, 5) is 12.5. The summed E-state index contributed by atoms with van der Waals surface area (Å²) in [6.07, 6.45) is -0.798. The second kappa shape index (κ2) is 7.84. The monoisotopic (exact) mass is 410 g/mol. The number of carbonyl (C=O) groups is 1. The Balaban J connectivity index is 1.41. The molecule has 3 aromatic rings. The third kappa shape index (κ3) is 4.33. The molecule has 7 nitrogen and oxygen atoms in total. The van der Waals surface area contributed by atoms with Crippen LogP contribution in [0.4, 0.5) is 11.4 Å². The number of anilines is 2. The lowest BCUT2D eigenvalue weighted by molar-refractivity contribution is -0.125. The molecule has 4 rings (SSSR count). The van der Waals surface area contributed by atoms with Crippen LogP contribution in [0.25, 0.3) is 0 Å². The summed E-state index contributed by atoms with van der Waals surface area (Å²) in [5.74, 6) is 0.724. The second-order valence-corrected chi connectivity index (χ2v) is 8.03. The number of rotatable bonds is 5. The van der Waals surface area contributed by atoms with Crippen LogP contribution in [-0.2, 0) is 14.8 Å². The first-order valence-electron chi connectivity index (χ1n) is 8.88. The van der Waals surface area contributed by atoms with Gasteiger partial charge in [-0.3, -0.25) is 9.52 Å². The second-order valence-electron chi connectivity index (χ2n) is 6.35. The molecule has 1 aliphatic rings. The van der Waals surface area contributed by atoms with Crippen molar-refractivity contribution in [2.24, 2.45) is 0 Å². The lowest BCUT2D eigenvalue weighted by Crippen LogP contribution is -2.40. The Kier molecular flexibility index (Phi) is 5.09. The molecule has 0 fully saturated rings. The first kappa shape index (κ1) is 18.8. The van der Waals surface area contributed by atoms with Gasteiger partial charge in [-0.05, 0) is 48.5 Å². The van der Waals surface area contributed by atoms with Gasteiger partial charge in [-0.15, -0.1) is 0 Å². The van der Waals surface area contributed by atoms with E-state index in [0.717, 1.165) is 0 Å². The van der Waals surface area contributed by atoms with E-state index in [-0.39, 0.29) is 17.4 Å². The molecule has 0 radical (unpaired) electrons. The molecule has 0 saturated carbocycles. The molecule has 2 N–H and O–H groups in total. The van der Waals surface area contributed by atoms with Crippen LogP contribution in [0, 0.1) is 0 Å². The maximum absolute atomic E-state index is 12.5. The van der Waals surface area contributed by atoms with Crippen molar-refractivity contribution in [3.63, 3.8) is 0 Å². The van der Waals surface area contributed by atoms with Crippen molar-refractivity contribution >= 4 is 27.3 Å². The Hall–Kier alpha value is -3.52. The predicted molar refractivity (Wildman–Crippen MR) is 109 cm³/mol. The molecule has 1 heterocycles. The minimum atomic E-state index is -3.72. The first-order valence-corrected chi connectivity index (χ1v) is 10.4. The van der Waals surface area contributed by atoms with Crippen LogP contribution in [0.15, 0.2) is 83.8 Å². The molecule has 0 aliphatic carbocycles. The predicted octanol–water partition coefficient (Wildman–Crippen LogP) is 3.27.